The zero-order valence-electron chi connectivity index (χ0n) is 10.4. The normalized spacial score (nSPS) is 20.2. The van der Waals surface area contributed by atoms with E-state index in [9.17, 15) is 4.39 Å². The van der Waals surface area contributed by atoms with E-state index in [4.69, 9.17) is 10.5 Å². The fourth-order valence-corrected chi connectivity index (χ4v) is 2.46. The maximum atomic E-state index is 13.0. The van der Waals surface area contributed by atoms with Crippen LogP contribution < -0.4 is 10.5 Å². The molecule has 0 fully saturated rings. The van der Waals surface area contributed by atoms with Crippen LogP contribution in [0.5, 0.6) is 5.75 Å². The van der Waals surface area contributed by atoms with Crippen molar-refractivity contribution in [3.63, 3.8) is 0 Å². The van der Waals surface area contributed by atoms with Crippen molar-refractivity contribution in [2.75, 3.05) is 0 Å². The largest absolute Gasteiger partial charge is 0.490 e. The van der Waals surface area contributed by atoms with Crippen LogP contribution >= 0.6 is 0 Å². The lowest BCUT2D eigenvalue weighted by Gasteiger charge is -2.18. The molecule has 2 unspecified atom stereocenters. The highest BCUT2D eigenvalue weighted by atomic mass is 19.1. The number of ether oxygens (including phenoxy) is 1. The Labute approximate surface area is 102 Å². The lowest BCUT2D eigenvalue weighted by atomic mass is 9.97. The van der Waals surface area contributed by atoms with Gasteiger partial charge < -0.3 is 10.5 Å². The summed E-state index contributed by atoms with van der Waals surface area (Å²) in [4.78, 5) is 0. The molecule has 1 aromatic rings. The number of rotatable bonds is 4. The number of hydrogen-bond donors (Lipinski definition) is 1. The first-order valence-corrected chi connectivity index (χ1v) is 6.25. The maximum Gasteiger partial charge on any atom is 0.123 e. The van der Waals surface area contributed by atoms with E-state index in [0.717, 1.165) is 30.6 Å². The van der Waals surface area contributed by atoms with E-state index >= 15 is 0 Å². The van der Waals surface area contributed by atoms with Crippen molar-refractivity contribution in [2.24, 2.45) is 11.7 Å². The van der Waals surface area contributed by atoms with Crippen LogP contribution in [-0.4, -0.2) is 12.1 Å². The third-order valence-corrected chi connectivity index (χ3v) is 3.10. The molecule has 0 spiro atoms. The molecule has 2 atom stereocenters. The second-order valence-electron chi connectivity index (χ2n) is 5.32. The Hall–Kier alpha value is -1.09. The molecule has 1 aliphatic heterocycles. The molecule has 0 bridgehead atoms. The van der Waals surface area contributed by atoms with Crippen LogP contribution in [0.3, 0.4) is 0 Å². The summed E-state index contributed by atoms with van der Waals surface area (Å²) in [6, 6.07) is 4.87. The maximum absolute atomic E-state index is 13.0. The molecule has 2 rings (SSSR count). The number of fused-ring (bicyclic) bond motifs is 1. The second kappa shape index (κ2) is 5.05. The van der Waals surface area contributed by atoms with Gasteiger partial charge in [-0.3, -0.25) is 0 Å². The highest BCUT2D eigenvalue weighted by Crippen LogP contribution is 2.31. The Kier molecular flexibility index (Phi) is 3.67. The monoisotopic (exact) mass is 237 g/mol. The van der Waals surface area contributed by atoms with Crippen LogP contribution in [0.15, 0.2) is 18.2 Å². The molecule has 1 aromatic carbocycles. The molecule has 0 aliphatic carbocycles. The van der Waals surface area contributed by atoms with E-state index in [2.05, 4.69) is 13.8 Å². The van der Waals surface area contributed by atoms with Gasteiger partial charge in [0.15, 0.2) is 0 Å². The molecule has 2 nitrogen and oxygen atoms in total. The lowest BCUT2D eigenvalue weighted by Crippen LogP contribution is -2.29. The molecule has 17 heavy (non-hydrogen) atoms. The molecular formula is C14H20FNO. The van der Waals surface area contributed by atoms with Gasteiger partial charge in [-0.25, -0.2) is 4.39 Å². The van der Waals surface area contributed by atoms with Gasteiger partial charge >= 0.3 is 0 Å². The molecule has 1 aliphatic rings. The van der Waals surface area contributed by atoms with E-state index < -0.39 is 0 Å². The first kappa shape index (κ1) is 12.4. The minimum absolute atomic E-state index is 0.112. The predicted octanol–water partition coefficient (Wildman–Crippen LogP) is 2.89. The first-order chi connectivity index (χ1) is 8.04. The number of benzene rings is 1. The Morgan fingerprint density at radius 1 is 1.47 bits per heavy atom. The van der Waals surface area contributed by atoms with Gasteiger partial charge in [-0.15, -0.1) is 0 Å². The van der Waals surface area contributed by atoms with Crippen LogP contribution in [0, 0.1) is 11.7 Å². The van der Waals surface area contributed by atoms with E-state index in [1.165, 1.54) is 6.07 Å². The smallest absolute Gasteiger partial charge is 0.123 e. The van der Waals surface area contributed by atoms with Crippen LogP contribution in [-0.2, 0) is 6.42 Å². The van der Waals surface area contributed by atoms with Gasteiger partial charge in [-0.1, -0.05) is 13.8 Å². The van der Waals surface area contributed by atoms with Gasteiger partial charge in [0.1, 0.15) is 17.7 Å². The van der Waals surface area contributed by atoms with Crippen molar-refractivity contribution in [2.45, 2.75) is 45.3 Å². The molecule has 1 heterocycles. The lowest BCUT2D eigenvalue weighted by molar-refractivity contribution is 0.204. The van der Waals surface area contributed by atoms with Gasteiger partial charge in [0.05, 0.1) is 0 Å². The number of hydrogen-bond acceptors (Lipinski definition) is 2. The van der Waals surface area contributed by atoms with Crippen molar-refractivity contribution in [3.8, 4) is 5.75 Å². The van der Waals surface area contributed by atoms with Crippen molar-refractivity contribution in [3.05, 3.63) is 29.6 Å². The van der Waals surface area contributed by atoms with Crippen molar-refractivity contribution >= 4 is 0 Å². The topological polar surface area (TPSA) is 35.2 Å². The quantitative estimate of drug-likeness (QED) is 0.874. The average molecular weight is 237 g/mol. The van der Waals surface area contributed by atoms with Gasteiger partial charge in [0.25, 0.3) is 0 Å². The summed E-state index contributed by atoms with van der Waals surface area (Å²) in [5.41, 5.74) is 7.03. The average Bonchev–Trinajstić information content (AvgIpc) is 2.57. The van der Waals surface area contributed by atoms with Crippen molar-refractivity contribution in [1.29, 1.82) is 0 Å². The zero-order chi connectivity index (χ0) is 12.4. The summed E-state index contributed by atoms with van der Waals surface area (Å²) in [5.74, 6) is 1.22. The third-order valence-electron chi connectivity index (χ3n) is 3.10. The van der Waals surface area contributed by atoms with Crippen LogP contribution in [0.2, 0.25) is 0 Å². The Bertz CT molecular complexity index is 392. The van der Waals surface area contributed by atoms with E-state index in [0.29, 0.717) is 5.92 Å². The molecule has 2 N–H and O–H groups in total. The van der Waals surface area contributed by atoms with Gasteiger partial charge in [0, 0.05) is 18.0 Å². The third kappa shape index (κ3) is 3.19. The highest BCUT2D eigenvalue weighted by Gasteiger charge is 2.25. The van der Waals surface area contributed by atoms with Crippen molar-refractivity contribution < 1.29 is 9.13 Å². The summed E-state index contributed by atoms with van der Waals surface area (Å²) in [6.07, 6.45) is 2.73. The standard InChI is InChI=1S/C14H20FNO/c1-9(2)5-12(16)8-13-7-10-6-11(15)3-4-14(10)17-13/h3-4,6,9,12-13H,5,7-8,16H2,1-2H3. The molecule has 0 saturated carbocycles. The summed E-state index contributed by atoms with van der Waals surface area (Å²) < 4.78 is 18.8. The number of nitrogens with two attached hydrogens (primary N) is 1. The van der Waals surface area contributed by atoms with Crippen LogP contribution in [0.4, 0.5) is 4.39 Å². The second-order valence-corrected chi connectivity index (χ2v) is 5.32. The van der Waals surface area contributed by atoms with Crippen LogP contribution in [0.1, 0.15) is 32.3 Å². The van der Waals surface area contributed by atoms with Gasteiger partial charge in [-0.05, 0) is 37.0 Å². The zero-order valence-corrected chi connectivity index (χ0v) is 10.4. The molecule has 3 heteroatoms. The van der Waals surface area contributed by atoms with Crippen molar-refractivity contribution in [1.82, 2.24) is 0 Å². The SMILES string of the molecule is CC(C)CC(N)CC1Cc2cc(F)ccc2O1. The molecule has 0 radical (unpaired) electrons. The van der Waals surface area contributed by atoms with E-state index in [-0.39, 0.29) is 18.0 Å². The summed E-state index contributed by atoms with van der Waals surface area (Å²) >= 11 is 0. The predicted molar refractivity (Wildman–Crippen MR) is 66.6 cm³/mol. The van der Waals surface area contributed by atoms with E-state index in [1.807, 2.05) is 0 Å². The minimum Gasteiger partial charge on any atom is -0.490 e. The molecule has 0 saturated heterocycles. The Balaban J connectivity index is 1.92. The number of halogens is 1. The van der Waals surface area contributed by atoms with E-state index in [1.54, 1.807) is 12.1 Å². The van der Waals surface area contributed by atoms with Gasteiger partial charge in [0.2, 0.25) is 0 Å². The molecule has 94 valence electrons. The van der Waals surface area contributed by atoms with Gasteiger partial charge in [-0.2, -0.15) is 0 Å². The summed E-state index contributed by atoms with van der Waals surface area (Å²) in [6.45, 7) is 4.33. The fraction of sp³-hybridized carbons (Fsp3) is 0.571. The Morgan fingerprint density at radius 2 is 2.24 bits per heavy atom. The van der Waals surface area contributed by atoms with Crippen LogP contribution in [0.25, 0.3) is 0 Å². The highest BCUT2D eigenvalue weighted by molar-refractivity contribution is 5.37. The fourth-order valence-electron chi connectivity index (χ4n) is 2.46. The summed E-state index contributed by atoms with van der Waals surface area (Å²) in [7, 11) is 0. The Morgan fingerprint density at radius 3 is 2.94 bits per heavy atom. The molecule has 0 amide bonds. The molecular weight excluding hydrogens is 217 g/mol. The first-order valence-electron chi connectivity index (χ1n) is 6.25. The minimum atomic E-state index is -0.195. The summed E-state index contributed by atoms with van der Waals surface area (Å²) in [5, 5.41) is 0. The molecule has 0 aromatic heterocycles.